The van der Waals surface area contributed by atoms with Gasteiger partial charge < -0.3 is 0 Å². The van der Waals surface area contributed by atoms with Gasteiger partial charge in [0.05, 0.1) is 0 Å². The normalized spacial score (nSPS) is 31.4. The van der Waals surface area contributed by atoms with E-state index in [0.29, 0.717) is 11.7 Å². The molecule has 92 valence electrons. The number of Topliss-reactive ketones (excluding diaryl/α,β-unsaturated/α-hetero) is 1. The second kappa shape index (κ2) is 3.97. The summed E-state index contributed by atoms with van der Waals surface area (Å²) in [5.41, 5.74) is 0.727. The van der Waals surface area contributed by atoms with Gasteiger partial charge in [-0.15, -0.1) is 0 Å². The van der Waals surface area contributed by atoms with E-state index in [-0.39, 0.29) is 10.8 Å². The van der Waals surface area contributed by atoms with Gasteiger partial charge in [-0.25, -0.2) is 0 Å². The van der Waals surface area contributed by atoms with E-state index in [1.54, 1.807) is 0 Å². The van der Waals surface area contributed by atoms with Gasteiger partial charge in [0.1, 0.15) is 0 Å². The number of benzene rings is 1. The minimum Gasteiger partial charge on any atom is -0.294 e. The lowest BCUT2D eigenvalue weighted by atomic mass is 9.63. The van der Waals surface area contributed by atoms with Crippen LogP contribution in [0.5, 0.6) is 0 Å². The molecule has 1 aromatic carbocycles. The molecule has 1 aliphatic carbocycles. The number of ketones is 1. The molecule has 2 rings (SSSR count). The highest BCUT2D eigenvalue weighted by Crippen LogP contribution is 2.56. The van der Waals surface area contributed by atoms with E-state index in [0.717, 1.165) is 18.4 Å². The van der Waals surface area contributed by atoms with Crippen molar-refractivity contribution < 1.29 is 4.79 Å². The molecular weight excluding hydrogens is 208 g/mol. The van der Waals surface area contributed by atoms with Crippen LogP contribution in [0.3, 0.4) is 0 Å². The summed E-state index contributed by atoms with van der Waals surface area (Å²) in [6, 6.07) is 9.73. The van der Waals surface area contributed by atoms with Gasteiger partial charge in [0.2, 0.25) is 0 Å². The second-order valence-corrected chi connectivity index (χ2v) is 6.19. The fourth-order valence-corrected chi connectivity index (χ4v) is 3.05. The Labute approximate surface area is 104 Å². The van der Waals surface area contributed by atoms with Crippen LogP contribution in [0.4, 0.5) is 0 Å². The van der Waals surface area contributed by atoms with Gasteiger partial charge >= 0.3 is 0 Å². The van der Waals surface area contributed by atoms with Crippen LogP contribution < -0.4 is 0 Å². The van der Waals surface area contributed by atoms with Gasteiger partial charge in [-0.05, 0) is 24.2 Å². The average Bonchev–Trinajstić information content (AvgIpc) is 2.54. The molecule has 17 heavy (non-hydrogen) atoms. The Morgan fingerprint density at radius 1 is 1.18 bits per heavy atom. The topological polar surface area (TPSA) is 17.1 Å². The molecule has 1 nitrogen and oxygen atoms in total. The Morgan fingerprint density at radius 3 is 2.24 bits per heavy atom. The molecule has 0 unspecified atom stereocenters. The fraction of sp³-hybridized carbons (Fsp3) is 0.562. The van der Waals surface area contributed by atoms with Gasteiger partial charge in [0.25, 0.3) is 0 Å². The summed E-state index contributed by atoms with van der Waals surface area (Å²) >= 11 is 0. The van der Waals surface area contributed by atoms with Crippen molar-refractivity contribution in [2.45, 2.75) is 40.5 Å². The zero-order valence-corrected chi connectivity index (χ0v) is 11.3. The first-order valence-electron chi connectivity index (χ1n) is 6.49. The maximum Gasteiger partial charge on any atom is 0.169 e. The third-order valence-electron chi connectivity index (χ3n) is 5.27. The highest BCUT2D eigenvalue weighted by molar-refractivity contribution is 6.01. The first-order chi connectivity index (χ1) is 7.89. The highest BCUT2D eigenvalue weighted by Gasteiger charge is 2.53. The van der Waals surface area contributed by atoms with Crippen LogP contribution in [0, 0.1) is 16.7 Å². The van der Waals surface area contributed by atoms with Crippen molar-refractivity contribution >= 4 is 5.78 Å². The lowest BCUT2D eigenvalue weighted by molar-refractivity contribution is 0.0546. The molecule has 0 aromatic heterocycles. The molecular formula is C16H22O. The van der Waals surface area contributed by atoms with E-state index in [4.69, 9.17) is 0 Å². The fourth-order valence-electron chi connectivity index (χ4n) is 3.05. The zero-order valence-electron chi connectivity index (χ0n) is 11.3. The van der Waals surface area contributed by atoms with E-state index >= 15 is 0 Å². The molecule has 0 bridgehead atoms. The molecule has 0 N–H and O–H groups in total. The Morgan fingerprint density at radius 2 is 1.76 bits per heavy atom. The molecule has 2 atom stereocenters. The molecule has 1 aromatic rings. The number of hydrogen-bond acceptors (Lipinski definition) is 1. The third kappa shape index (κ3) is 1.72. The van der Waals surface area contributed by atoms with E-state index in [1.165, 1.54) is 0 Å². The zero-order chi connectivity index (χ0) is 12.7. The minimum atomic E-state index is -0.215. The molecule has 0 radical (unpaired) electrons. The van der Waals surface area contributed by atoms with E-state index in [2.05, 4.69) is 27.7 Å². The summed E-state index contributed by atoms with van der Waals surface area (Å²) in [6.07, 6.45) is 2.16. The lowest BCUT2D eigenvalue weighted by Gasteiger charge is -2.39. The van der Waals surface area contributed by atoms with Crippen LogP contribution in [0.15, 0.2) is 30.3 Å². The van der Waals surface area contributed by atoms with Crippen molar-refractivity contribution in [3.8, 4) is 0 Å². The maximum absolute atomic E-state index is 12.7. The van der Waals surface area contributed by atoms with Crippen LogP contribution in [-0.4, -0.2) is 5.78 Å². The van der Waals surface area contributed by atoms with Crippen LogP contribution >= 0.6 is 0 Å². The van der Waals surface area contributed by atoms with Crippen LogP contribution in [0.2, 0.25) is 0 Å². The molecule has 1 saturated carbocycles. The molecule has 0 amide bonds. The van der Waals surface area contributed by atoms with Crippen molar-refractivity contribution in [3.05, 3.63) is 35.9 Å². The van der Waals surface area contributed by atoms with E-state index in [1.807, 2.05) is 30.3 Å². The first-order valence-corrected chi connectivity index (χ1v) is 6.49. The highest BCUT2D eigenvalue weighted by atomic mass is 16.1. The van der Waals surface area contributed by atoms with Crippen molar-refractivity contribution in [2.75, 3.05) is 0 Å². The number of carbonyl (C=O) groups is 1. The summed E-state index contributed by atoms with van der Waals surface area (Å²) < 4.78 is 0. The van der Waals surface area contributed by atoms with Crippen LogP contribution in [-0.2, 0) is 0 Å². The predicted octanol–water partition coefficient (Wildman–Crippen LogP) is 4.33. The van der Waals surface area contributed by atoms with Crippen molar-refractivity contribution in [1.82, 2.24) is 0 Å². The maximum atomic E-state index is 12.7. The largest absolute Gasteiger partial charge is 0.294 e. The number of hydrogen-bond donors (Lipinski definition) is 0. The smallest absolute Gasteiger partial charge is 0.169 e. The predicted molar refractivity (Wildman–Crippen MR) is 71.1 cm³/mol. The summed E-state index contributed by atoms with van der Waals surface area (Å²) in [6.45, 7) is 8.90. The van der Waals surface area contributed by atoms with Crippen molar-refractivity contribution in [1.29, 1.82) is 0 Å². The Bertz CT molecular complexity index is 418. The molecule has 1 heteroatoms. The van der Waals surface area contributed by atoms with Crippen molar-refractivity contribution in [3.63, 3.8) is 0 Å². The average molecular weight is 230 g/mol. The Hall–Kier alpha value is -1.11. The standard InChI is InChI=1S/C16H22O/c1-12-10-11-16(4,15(12,2)3)14(17)13-8-6-5-7-9-13/h5-9,12H,10-11H2,1-4H3/t12-,16+/m0/s1. The van der Waals surface area contributed by atoms with Gasteiger partial charge in [-0.1, -0.05) is 58.0 Å². The molecule has 0 heterocycles. The molecule has 0 saturated heterocycles. The molecule has 1 aliphatic rings. The third-order valence-corrected chi connectivity index (χ3v) is 5.27. The molecule has 1 fully saturated rings. The van der Waals surface area contributed by atoms with Gasteiger partial charge in [-0.3, -0.25) is 4.79 Å². The number of rotatable bonds is 2. The lowest BCUT2D eigenvalue weighted by Crippen LogP contribution is -2.40. The summed E-state index contributed by atoms with van der Waals surface area (Å²) in [4.78, 5) is 12.7. The first kappa shape index (κ1) is 12.3. The van der Waals surface area contributed by atoms with E-state index < -0.39 is 0 Å². The SMILES string of the molecule is C[C@H]1CC[C@](C)(C(=O)c2ccccc2)C1(C)C. The van der Waals surface area contributed by atoms with Crippen LogP contribution in [0.25, 0.3) is 0 Å². The summed E-state index contributed by atoms with van der Waals surface area (Å²) in [5.74, 6) is 0.924. The van der Waals surface area contributed by atoms with Crippen LogP contribution in [0.1, 0.15) is 50.9 Å². The minimum absolute atomic E-state index is 0.0833. The quantitative estimate of drug-likeness (QED) is 0.691. The summed E-state index contributed by atoms with van der Waals surface area (Å²) in [7, 11) is 0. The molecule has 0 aliphatic heterocycles. The Balaban J connectivity index is 2.38. The second-order valence-electron chi connectivity index (χ2n) is 6.19. The summed E-state index contributed by atoms with van der Waals surface area (Å²) in [5, 5.41) is 0. The van der Waals surface area contributed by atoms with Gasteiger partial charge in [0.15, 0.2) is 5.78 Å². The molecule has 0 spiro atoms. The Kier molecular flexibility index (Phi) is 2.89. The van der Waals surface area contributed by atoms with E-state index in [9.17, 15) is 4.79 Å². The monoisotopic (exact) mass is 230 g/mol. The van der Waals surface area contributed by atoms with Crippen molar-refractivity contribution in [2.24, 2.45) is 16.7 Å². The van der Waals surface area contributed by atoms with Gasteiger partial charge in [0, 0.05) is 11.0 Å². The number of carbonyl (C=O) groups excluding carboxylic acids is 1. The van der Waals surface area contributed by atoms with Gasteiger partial charge in [-0.2, -0.15) is 0 Å².